The number of aliphatic hydroxyl groups is 3. The van der Waals surface area contributed by atoms with E-state index in [2.05, 4.69) is 33.8 Å². The van der Waals surface area contributed by atoms with Crippen LogP contribution in [0.1, 0.15) is 91.9 Å². The molecule has 30 heavy (non-hydrogen) atoms. The Morgan fingerprint density at radius 1 is 1.10 bits per heavy atom. The fourth-order valence-electron chi connectivity index (χ4n) is 8.72. The molecule has 0 aromatic heterocycles. The molecule has 4 rings (SSSR count). The average Bonchev–Trinajstić information content (AvgIpc) is 2.99. The Hall–Kier alpha value is -0.380. The Morgan fingerprint density at radius 2 is 1.87 bits per heavy atom. The van der Waals surface area contributed by atoms with Gasteiger partial charge in [-0.15, -0.1) is 0 Å². The molecule has 0 heterocycles. The van der Waals surface area contributed by atoms with Gasteiger partial charge in [-0.05, 0) is 97.7 Å². The highest BCUT2D eigenvalue weighted by Gasteiger charge is 2.61. The van der Waals surface area contributed by atoms with Crippen LogP contribution in [-0.2, 0) is 0 Å². The molecule has 0 bridgehead atoms. The van der Waals surface area contributed by atoms with Crippen molar-refractivity contribution in [3.05, 3.63) is 11.6 Å². The second-order valence-electron chi connectivity index (χ2n) is 12.2. The molecule has 0 aliphatic heterocycles. The summed E-state index contributed by atoms with van der Waals surface area (Å²) in [4.78, 5) is 0. The number of allylic oxidation sites excluding steroid dienone is 1. The van der Waals surface area contributed by atoms with Gasteiger partial charge in [0, 0.05) is 6.61 Å². The predicted molar refractivity (Wildman–Crippen MR) is 122 cm³/mol. The van der Waals surface area contributed by atoms with Gasteiger partial charge in [0.1, 0.15) is 0 Å². The van der Waals surface area contributed by atoms with Crippen molar-refractivity contribution in [3.63, 3.8) is 0 Å². The Bertz CT molecular complexity index is 644. The van der Waals surface area contributed by atoms with Gasteiger partial charge in [-0.1, -0.05) is 52.2 Å². The van der Waals surface area contributed by atoms with E-state index in [-0.39, 0.29) is 23.0 Å². The highest BCUT2D eigenvalue weighted by molar-refractivity contribution is 5.26. The molecule has 10 atom stereocenters. The maximum Gasteiger partial charge on any atom is 0.0579 e. The lowest BCUT2D eigenvalue weighted by Gasteiger charge is -2.58. The zero-order valence-electron chi connectivity index (χ0n) is 19.8. The molecule has 0 saturated heterocycles. The van der Waals surface area contributed by atoms with E-state index >= 15 is 0 Å². The van der Waals surface area contributed by atoms with E-state index in [1.165, 1.54) is 31.3 Å². The molecular weight excluding hydrogens is 372 g/mol. The van der Waals surface area contributed by atoms with Crippen molar-refractivity contribution >= 4 is 0 Å². The molecule has 3 N–H and O–H groups in total. The van der Waals surface area contributed by atoms with E-state index in [9.17, 15) is 15.3 Å². The third kappa shape index (κ3) is 3.71. The van der Waals surface area contributed by atoms with E-state index < -0.39 is 0 Å². The lowest BCUT2D eigenvalue weighted by molar-refractivity contribution is -0.0816. The van der Waals surface area contributed by atoms with Crippen LogP contribution in [0.3, 0.4) is 0 Å². The lowest BCUT2D eigenvalue weighted by atomic mass is 9.46. The van der Waals surface area contributed by atoms with Gasteiger partial charge in [-0.25, -0.2) is 0 Å². The largest absolute Gasteiger partial charge is 0.396 e. The highest BCUT2D eigenvalue weighted by Crippen LogP contribution is 2.67. The van der Waals surface area contributed by atoms with E-state index in [1.807, 2.05) is 0 Å². The molecule has 0 aromatic rings. The zero-order chi connectivity index (χ0) is 21.7. The molecule has 0 radical (unpaired) electrons. The van der Waals surface area contributed by atoms with Gasteiger partial charge in [-0.3, -0.25) is 0 Å². The fraction of sp³-hybridized carbons (Fsp3) is 0.926. The van der Waals surface area contributed by atoms with Gasteiger partial charge in [0.05, 0.1) is 12.2 Å². The normalized spacial score (nSPS) is 47.6. The standard InChI is InChI=1S/C27H46O3/c1-17(16-28)6-5-7-18(2)23-15-24(30)25-21-9-8-19-14-20(29)10-12-26(19,3)22(21)11-13-27(23,25)4/h8,17-18,20-25,28-30H,5-7,9-16H2,1-4H3/t17-,18-,20-,21-,22+,23-,24+,25-,26+,27-/m1/s1. The van der Waals surface area contributed by atoms with Crippen LogP contribution < -0.4 is 0 Å². The van der Waals surface area contributed by atoms with Crippen molar-refractivity contribution in [2.75, 3.05) is 6.61 Å². The summed E-state index contributed by atoms with van der Waals surface area (Å²) >= 11 is 0. The summed E-state index contributed by atoms with van der Waals surface area (Å²) in [5.41, 5.74) is 2.02. The zero-order valence-corrected chi connectivity index (χ0v) is 19.8. The van der Waals surface area contributed by atoms with Crippen molar-refractivity contribution in [1.29, 1.82) is 0 Å². The quantitative estimate of drug-likeness (QED) is 0.511. The van der Waals surface area contributed by atoms with E-state index in [0.717, 1.165) is 38.5 Å². The van der Waals surface area contributed by atoms with Crippen molar-refractivity contribution in [3.8, 4) is 0 Å². The first kappa shape index (κ1) is 22.8. The Balaban J connectivity index is 1.50. The molecule has 0 unspecified atom stereocenters. The van der Waals surface area contributed by atoms with Gasteiger partial charge >= 0.3 is 0 Å². The molecule has 3 fully saturated rings. The minimum atomic E-state index is -0.153. The molecule has 0 spiro atoms. The summed E-state index contributed by atoms with van der Waals surface area (Å²) in [5.74, 6) is 3.39. The summed E-state index contributed by atoms with van der Waals surface area (Å²) in [5, 5.41) is 30.9. The molecular formula is C27H46O3. The fourth-order valence-corrected chi connectivity index (χ4v) is 8.72. The summed E-state index contributed by atoms with van der Waals surface area (Å²) in [6.07, 6.45) is 13.2. The molecule has 3 heteroatoms. The second-order valence-corrected chi connectivity index (χ2v) is 12.2. The van der Waals surface area contributed by atoms with Crippen LogP contribution in [0.15, 0.2) is 11.6 Å². The Morgan fingerprint density at radius 3 is 2.60 bits per heavy atom. The van der Waals surface area contributed by atoms with Gasteiger partial charge in [0.2, 0.25) is 0 Å². The van der Waals surface area contributed by atoms with Crippen LogP contribution in [0, 0.1) is 46.3 Å². The molecule has 4 aliphatic rings. The van der Waals surface area contributed by atoms with Crippen molar-refractivity contribution in [2.24, 2.45) is 46.3 Å². The van der Waals surface area contributed by atoms with Gasteiger partial charge in [0.15, 0.2) is 0 Å². The number of fused-ring (bicyclic) bond motifs is 5. The maximum absolute atomic E-state index is 11.3. The van der Waals surface area contributed by atoms with E-state index in [0.29, 0.717) is 42.1 Å². The van der Waals surface area contributed by atoms with Crippen molar-refractivity contribution in [1.82, 2.24) is 0 Å². The average molecular weight is 419 g/mol. The first-order valence-electron chi connectivity index (χ1n) is 12.9. The smallest absolute Gasteiger partial charge is 0.0579 e. The summed E-state index contributed by atoms with van der Waals surface area (Å²) in [7, 11) is 0. The maximum atomic E-state index is 11.3. The van der Waals surface area contributed by atoms with Crippen LogP contribution in [0.5, 0.6) is 0 Å². The van der Waals surface area contributed by atoms with Crippen LogP contribution in [0.4, 0.5) is 0 Å². The number of hydrogen-bond acceptors (Lipinski definition) is 3. The number of rotatable bonds is 6. The summed E-state index contributed by atoms with van der Waals surface area (Å²) < 4.78 is 0. The van der Waals surface area contributed by atoms with E-state index in [4.69, 9.17) is 0 Å². The minimum absolute atomic E-state index is 0.148. The first-order valence-corrected chi connectivity index (χ1v) is 12.9. The van der Waals surface area contributed by atoms with Gasteiger partial charge in [-0.2, -0.15) is 0 Å². The summed E-state index contributed by atoms with van der Waals surface area (Å²) in [6.45, 7) is 9.83. The van der Waals surface area contributed by atoms with Crippen LogP contribution in [-0.4, -0.2) is 34.1 Å². The second kappa shape index (κ2) is 8.52. The third-order valence-corrected chi connectivity index (χ3v) is 10.5. The third-order valence-electron chi connectivity index (χ3n) is 10.5. The van der Waals surface area contributed by atoms with Crippen LogP contribution in [0.2, 0.25) is 0 Å². The van der Waals surface area contributed by atoms with Crippen molar-refractivity contribution < 1.29 is 15.3 Å². The number of hydrogen-bond donors (Lipinski definition) is 3. The molecule has 3 nitrogen and oxygen atoms in total. The van der Waals surface area contributed by atoms with E-state index in [1.54, 1.807) is 0 Å². The molecule has 0 aromatic carbocycles. The SMILES string of the molecule is C[C@@H](CO)CCC[C@@H](C)[C@H]1C[C@H](O)[C@H]2[C@@H]3CC=C4C[C@H](O)CC[C@]4(C)[C@H]3CC[C@@]21C. The first-order chi connectivity index (χ1) is 14.2. The minimum Gasteiger partial charge on any atom is -0.396 e. The van der Waals surface area contributed by atoms with Crippen molar-refractivity contribution in [2.45, 2.75) is 104 Å². The Kier molecular flexibility index (Phi) is 6.48. The van der Waals surface area contributed by atoms with Gasteiger partial charge in [0.25, 0.3) is 0 Å². The topological polar surface area (TPSA) is 60.7 Å². The molecule has 172 valence electrons. The molecule has 4 aliphatic carbocycles. The molecule has 0 amide bonds. The highest BCUT2D eigenvalue weighted by atomic mass is 16.3. The Labute approximate surface area is 184 Å². The van der Waals surface area contributed by atoms with Crippen LogP contribution >= 0.6 is 0 Å². The molecule has 3 saturated carbocycles. The lowest BCUT2D eigenvalue weighted by Crippen LogP contribution is -2.52. The summed E-state index contributed by atoms with van der Waals surface area (Å²) in [6, 6.07) is 0. The number of aliphatic hydroxyl groups excluding tert-OH is 3. The predicted octanol–water partition coefficient (Wildman–Crippen LogP) is 5.33. The monoisotopic (exact) mass is 418 g/mol. The van der Waals surface area contributed by atoms with Crippen LogP contribution in [0.25, 0.3) is 0 Å². The van der Waals surface area contributed by atoms with Gasteiger partial charge < -0.3 is 15.3 Å².